The number of rotatable bonds is 3. The van der Waals surface area contributed by atoms with Gasteiger partial charge in [-0.25, -0.2) is 17.2 Å². The average Bonchev–Trinajstić information content (AvgIpc) is 2.20. The van der Waals surface area contributed by atoms with Crippen LogP contribution in [0.25, 0.3) is 0 Å². The molecule has 0 radical (unpaired) electrons. The van der Waals surface area contributed by atoms with Gasteiger partial charge in [-0.3, -0.25) is 0 Å². The molecular formula is C10H13F2NO3S. The first-order valence-electron chi connectivity index (χ1n) is 4.81. The molecule has 1 unspecified atom stereocenters. The lowest BCUT2D eigenvalue weighted by molar-refractivity contribution is 0.402. The Labute approximate surface area is 98.0 Å². The van der Waals surface area contributed by atoms with Crippen molar-refractivity contribution in [3.05, 3.63) is 23.3 Å². The highest BCUT2D eigenvalue weighted by Crippen LogP contribution is 2.33. The molecule has 1 atom stereocenters. The zero-order valence-corrected chi connectivity index (χ0v) is 10.2. The van der Waals surface area contributed by atoms with E-state index in [-0.39, 0.29) is 12.1 Å². The Kier molecular flexibility index (Phi) is 3.73. The van der Waals surface area contributed by atoms with E-state index < -0.39 is 38.0 Å². The summed E-state index contributed by atoms with van der Waals surface area (Å²) >= 11 is 0. The second-order valence-corrected chi connectivity index (χ2v) is 5.80. The van der Waals surface area contributed by atoms with E-state index in [9.17, 15) is 22.3 Å². The number of aromatic hydroxyl groups is 1. The van der Waals surface area contributed by atoms with Gasteiger partial charge in [-0.1, -0.05) is 6.92 Å². The number of halogens is 2. The zero-order chi connectivity index (χ0) is 13.4. The fourth-order valence-corrected chi connectivity index (χ4v) is 2.29. The number of hydrogen-bond acceptors (Lipinski definition) is 4. The topological polar surface area (TPSA) is 80.4 Å². The summed E-state index contributed by atoms with van der Waals surface area (Å²) in [6, 6.07) is 0.798. The van der Waals surface area contributed by atoms with Crippen LogP contribution in [0.1, 0.15) is 18.4 Å². The van der Waals surface area contributed by atoms with Gasteiger partial charge in [0.05, 0.1) is 0 Å². The van der Waals surface area contributed by atoms with Gasteiger partial charge in [0.25, 0.3) is 0 Å². The number of nitrogens with two attached hydrogens (primary N) is 1. The Balaban J connectivity index is 3.59. The highest BCUT2D eigenvalue weighted by molar-refractivity contribution is 7.90. The Morgan fingerprint density at radius 2 is 2.00 bits per heavy atom. The number of phenolic OH excluding ortho intramolecular Hbond substituents is 1. The fourth-order valence-electron chi connectivity index (χ4n) is 1.45. The van der Waals surface area contributed by atoms with Gasteiger partial charge in [0, 0.05) is 11.8 Å². The van der Waals surface area contributed by atoms with Crippen LogP contribution in [0, 0.1) is 11.6 Å². The minimum atomic E-state index is -4.08. The van der Waals surface area contributed by atoms with Crippen LogP contribution >= 0.6 is 0 Å². The number of benzene rings is 1. The van der Waals surface area contributed by atoms with Gasteiger partial charge in [-0.15, -0.1) is 0 Å². The molecule has 0 aliphatic heterocycles. The molecule has 17 heavy (non-hydrogen) atoms. The quantitative estimate of drug-likeness (QED) is 0.858. The summed E-state index contributed by atoms with van der Waals surface area (Å²) in [5.74, 6) is -4.04. The van der Waals surface area contributed by atoms with Crippen LogP contribution in [0.4, 0.5) is 8.78 Å². The van der Waals surface area contributed by atoms with E-state index in [1.54, 1.807) is 6.92 Å². The van der Waals surface area contributed by atoms with Gasteiger partial charge < -0.3 is 10.8 Å². The highest BCUT2D eigenvalue weighted by Gasteiger charge is 2.26. The Hall–Kier alpha value is -1.21. The molecule has 1 rings (SSSR count). The van der Waals surface area contributed by atoms with Gasteiger partial charge >= 0.3 is 0 Å². The molecule has 96 valence electrons. The van der Waals surface area contributed by atoms with Crippen LogP contribution in [-0.2, 0) is 9.84 Å². The standard InChI is InChI=1S/C10H13F2NO3S/c1-5(4-13)6-3-7(11)10(17(2,15)16)8(12)9(6)14/h3,5,14H,4,13H2,1-2H3. The average molecular weight is 265 g/mol. The largest absolute Gasteiger partial charge is 0.505 e. The van der Waals surface area contributed by atoms with Crippen molar-refractivity contribution in [2.75, 3.05) is 12.8 Å². The fraction of sp³-hybridized carbons (Fsp3) is 0.400. The maximum atomic E-state index is 13.6. The molecule has 0 saturated carbocycles. The lowest BCUT2D eigenvalue weighted by atomic mass is 10.00. The molecule has 3 N–H and O–H groups in total. The van der Waals surface area contributed by atoms with Crippen molar-refractivity contribution in [2.45, 2.75) is 17.7 Å². The summed E-state index contributed by atoms with van der Waals surface area (Å²) < 4.78 is 49.4. The van der Waals surface area contributed by atoms with Crippen LogP contribution in [0.2, 0.25) is 0 Å². The van der Waals surface area contributed by atoms with E-state index in [1.165, 1.54) is 0 Å². The van der Waals surface area contributed by atoms with E-state index in [4.69, 9.17) is 5.73 Å². The summed E-state index contributed by atoms with van der Waals surface area (Å²) in [4.78, 5) is -1.12. The van der Waals surface area contributed by atoms with Crippen molar-refractivity contribution in [3.63, 3.8) is 0 Å². The number of phenols is 1. The molecular weight excluding hydrogens is 252 g/mol. The molecule has 0 spiro atoms. The van der Waals surface area contributed by atoms with Crippen molar-refractivity contribution >= 4 is 9.84 Å². The van der Waals surface area contributed by atoms with Crippen LogP contribution in [0.5, 0.6) is 5.75 Å². The van der Waals surface area contributed by atoms with Gasteiger partial charge in [-0.05, 0) is 18.5 Å². The zero-order valence-electron chi connectivity index (χ0n) is 9.37. The molecule has 1 aromatic rings. The van der Waals surface area contributed by atoms with E-state index >= 15 is 0 Å². The Morgan fingerprint density at radius 1 is 1.47 bits per heavy atom. The maximum absolute atomic E-state index is 13.6. The number of sulfone groups is 1. The summed E-state index contributed by atoms with van der Waals surface area (Å²) in [6.07, 6.45) is 0.667. The highest BCUT2D eigenvalue weighted by atomic mass is 32.2. The van der Waals surface area contributed by atoms with E-state index in [0.29, 0.717) is 6.26 Å². The summed E-state index contributed by atoms with van der Waals surface area (Å²) in [5, 5.41) is 9.51. The van der Waals surface area contributed by atoms with Crippen molar-refractivity contribution in [3.8, 4) is 5.75 Å². The van der Waals surface area contributed by atoms with Crippen molar-refractivity contribution in [1.29, 1.82) is 0 Å². The van der Waals surface area contributed by atoms with E-state index in [1.807, 2.05) is 0 Å². The normalized spacial score (nSPS) is 13.7. The summed E-state index contributed by atoms with van der Waals surface area (Å²) in [6.45, 7) is 1.64. The smallest absolute Gasteiger partial charge is 0.186 e. The van der Waals surface area contributed by atoms with Crippen LogP contribution in [0.3, 0.4) is 0 Å². The molecule has 7 heteroatoms. The Bertz CT molecular complexity index is 543. The minimum Gasteiger partial charge on any atom is -0.505 e. The third-order valence-electron chi connectivity index (χ3n) is 2.44. The Morgan fingerprint density at radius 3 is 2.41 bits per heavy atom. The van der Waals surface area contributed by atoms with Gasteiger partial charge in [-0.2, -0.15) is 0 Å². The minimum absolute atomic E-state index is 0.0464. The van der Waals surface area contributed by atoms with Crippen molar-refractivity contribution in [2.24, 2.45) is 5.73 Å². The molecule has 0 amide bonds. The first kappa shape index (κ1) is 13.9. The second-order valence-electron chi connectivity index (χ2n) is 3.85. The SMILES string of the molecule is CC(CN)c1cc(F)c(S(C)(=O)=O)c(F)c1O. The molecule has 0 aliphatic rings. The molecule has 1 aromatic carbocycles. The van der Waals surface area contributed by atoms with E-state index in [0.717, 1.165) is 6.07 Å². The summed E-state index contributed by atoms with van der Waals surface area (Å²) in [7, 11) is -4.08. The molecule has 4 nitrogen and oxygen atoms in total. The lowest BCUT2D eigenvalue weighted by Gasteiger charge is -2.14. The van der Waals surface area contributed by atoms with Crippen molar-refractivity contribution in [1.82, 2.24) is 0 Å². The summed E-state index contributed by atoms with van der Waals surface area (Å²) in [5.41, 5.74) is 5.28. The van der Waals surface area contributed by atoms with Crippen LogP contribution in [-0.4, -0.2) is 26.3 Å². The van der Waals surface area contributed by atoms with E-state index in [2.05, 4.69) is 0 Å². The first-order valence-corrected chi connectivity index (χ1v) is 6.70. The monoisotopic (exact) mass is 265 g/mol. The number of hydrogen-bond donors (Lipinski definition) is 2. The van der Waals surface area contributed by atoms with Crippen LogP contribution < -0.4 is 5.73 Å². The predicted molar refractivity (Wildman–Crippen MR) is 58.6 cm³/mol. The molecule has 0 heterocycles. The van der Waals surface area contributed by atoms with Crippen LogP contribution in [0.15, 0.2) is 11.0 Å². The molecule has 0 bridgehead atoms. The molecule has 0 saturated heterocycles. The van der Waals surface area contributed by atoms with Gasteiger partial charge in [0.2, 0.25) is 0 Å². The van der Waals surface area contributed by atoms with Gasteiger partial charge in [0.1, 0.15) is 10.7 Å². The predicted octanol–water partition coefficient (Wildman–Crippen LogP) is 1.14. The third-order valence-corrected chi connectivity index (χ3v) is 3.55. The first-order chi connectivity index (χ1) is 7.70. The van der Waals surface area contributed by atoms with Gasteiger partial charge in [0.15, 0.2) is 21.4 Å². The molecule has 0 aliphatic carbocycles. The lowest BCUT2D eigenvalue weighted by Crippen LogP contribution is -2.12. The second kappa shape index (κ2) is 4.58. The molecule has 0 aromatic heterocycles. The molecule has 0 fully saturated rings. The maximum Gasteiger partial charge on any atom is 0.186 e. The third kappa shape index (κ3) is 2.55. The van der Waals surface area contributed by atoms with Crippen molar-refractivity contribution < 1.29 is 22.3 Å².